The number of aliphatic hydroxyl groups excluding tert-OH is 1. The van der Waals surface area contributed by atoms with Gasteiger partial charge in [0, 0.05) is 25.7 Å². The molecule has 0 saturated heterocycles. The third-order valence-electron chi connectivity index (χ3n) is 18.3. The van der Waals surface area contributed by atoms with Crippen LogP contribution < -0.4 is 0 Å². The smallest absolute Gasteiger partial charge is 0.462 e. The Hall–Kier alpha value is -2.46. The van der Waals surface area contributed by atoms with Gasteiger partial charge in [-0.15, -0.1) is 0 Å². The van der Waals surface area contributed by atoms with Crippen LogP contribution >= 0.6 is 15.6 Å². The molecule has 0 radical (unpaired) electrons. The lowest BCUT2D eigenvalue weighted by Gasteiger charge is -2.21. The molecule has 3 N–H and O–H groups in total. The Morgan fingerprint density at radius 3 is 0.867 bits per heavy atom. The third kappa shape index (κ3) is 70.6. The van der Waals surface area contributed by atoms with E-state index in [2.05, 4.69) is 58.9 Å². The number of hydrogen-bond acceptors (Lipinski definition) is 15. The second-order valence-electron chi connectivity index (χ2n) is 28.0. The second-order valence-corrected chi connectivity index (χ2v) is 30.9. The average molecular weight is 1430 g/mol. The maximum atomic E-state index is 13.1. The van der Waals surface area contributed by atoms with Crippen molar-refractivity contribution in [1.82, 2.24) is 0 Å². The molecule has 578 valence electrons. The summed E-state index contributed by atoms with van der Waals surface area (Å²) in [7, 11) is -9.93. The molecule has 17 nitrogen and oxygen atoms in total. The lowest BCUT2D eigenvalue weighted by atomic mass is 9.99. The van der Waals surface area contributed by atoms with Crippen LogP contribution in [0, 0.1) is 5.92 Å². The Bertz CT molecular complexity index is 1970. The summed E-state index contributed by atoms with van der Waals surface area (Å²) in [5.41, 5.74) is 0. The van der Waals surface area contributed by atoms with Crippen molar-refractivity contribution in [3.05, 3.63) is 24.3 Å². The normalized spacial score (nSPS) is 14.3. The molecule has 0 heterocycles. The molecular weight excluding hydrogens is 1280 g/mol. The van der Waals surface area contributed by atoms with E-state index < -0.39 is 97.5 Å². The highest BCUT2D eigenvalue weighted by molar-refractivity contribution is 7.47. The molecule has 0 aromatic rings. The Morgan fingerprint density at radius 1 is 0.327 bits per heavy atom. The minimum atomic E-state index is -4.97. The van der Waals surface area contributed by atoms with Crippen LogP contribution in [0.1, 0.15) is 394 Å². The highest BCUT2D eigenvalue weighted by atomic mass is 31.2. The Balaban J connectivity index is 5.28. The summed E-state index contributed by atoms with van der Waals surface area (Å²) < 4.78 is 68.6. The number of carbonyl (C=O) groups excluding carboxylic acids is 4. The molecule has 0 aliphatic carbocycles. The second kappa shape index (κ2) is 71.5. The number of allylic oxidation sites excluding steroid dienone is 4. The summed E-state index contributed by atoms with van der Waals surface area (Å²) in [5, 5.41) is 10.6. The fourth-order valence-electron chi connectivity index (χ4n) is 11.7. The standard InChI is InChI=1S/C79H150O17P2/c1-6-10-13-16-19-22-25-28-30-31-32-33-35-37-40-43-49-54-59-64-78(83)95-74(68-89-77(82)63-58-53-48-42-39-36-34-29-26-23-20-17-14-11-7-2)70-93-97(85,86)91-66-73(80)67-92-98(87,88)94-71-75(96-79(84)65-60-55-50-45-44-46-51-56-61-72(5)9-4)69-90-76(81)62-57-52-47-41-38-27-24-21-18-15-12-8-3/h23,26,29,34,72-75,80H,6-22,24-25,27-28,30-33,35-71H2,1-5H3,(H,85,86)(H,87,88)/b26-23-,34-29-/t72?,73-,74-,75-/m1/s1. The van der Waals surface area contributed by atoms with Crippen molar-refractivity contribution in [3.63, 3.8) is 0 Å². The quantitative estimate of drug-likeness (QED) is 0.0169. The van der Waals surface area contributed by atoms with Crippen LogP contribution in [0.5, 0.6) is 0 Å². The molecule has 0 bridgehead atoms. The zero-order chi connectivity index (χ0) is 71.9. The number of carbonyl (C=O) groups is 4. The fourth-order valence-corrected chi connectivity index (χ4v) is 13.2. The van der Waals surface area contributed by atoms with Gasteiger partial charge in [0.05, 0.1) is 26.4 Å². The van der Waals surface area contributed by atoms with Gasteiger partial charge < -0.3 is 33.8 Å². The number of ether oxygens (including phenoxy) is 4. The summed E-state index contributed by atoms with van der Waals surface area (Å²) in [6.07, 6.45) is 64.5. The minimum Gasteiger partial charge on any atom is -0.462 e. The molecule has 0 aromatic heterocycles. The van der Waals surface area contributed by atoms with Crippen LogP contribution in [0.25, 0.3) is 0 Å². The molecule has 0 aliphatic heterocycles. The van der Waals surface area contributed by atoms with Gasteiger partial charge in [-0.1, -0.05) is 341 Å². The highest BCUT2D eigenvalue weighted by Crippen LogP contribution is 2.45. The number of phosphoric ester groups is 2. The SMILES string of the molecule is CCCCCC/C=C\C=C/CCCCCCCC(=O)OC[C@H](COP(=O)(O)OC[C@@H](O)COP(=O)(O)OC[C@@H](COC(=O)CCCCCCCCCCCCCC)OC(=O)CCCCCCCCCCC(C)CC)OC(=O)CCCCCCCCCCCCCCCCCCCCC. The molecule has 0 spiro atoms. The summed E-state index contributed by atoms with van der Waals surface area (Å²) in [6.45, 7) is 7.24. The highest BCUT2D eigenvalue weighted by Gasteiger charge is 2.30. The van der Waals surface area contributed by atoms with Crippen molar-refractivity contribution in [2.75, 3.05) is 39.6 Å². The summed E-state index contributed by atoms with van der Waals surface area (Å²) >= 11 is 0. The van der Waals surface area contributed by atoms with Crippen LogP contribution in [0.3, 0.4) is 0 Å². The number of unbranched alkanes of at least 4 members (excludes halogenated alkanes) is 45. The van der Waals surface area contributed by atoms with Crippen molar-refractivity contribution in [2.24, 2.45) is 5.92 Å². The monoisotopic (exact) mass is 1430 g/mol. The number of aliphatic hydroxyl groups is 1. The zero-order valence-electron chi connectivity index (χ0n) is 63.4. The number of hydrogen-bond donors (Lipinski definition) is 3. The molecule has 0 aliphatic rings. The maximum absolute atomic E-state index is 13.1. The molecular formula is C79H150O17P2. The number of phosphoric acid groups is 2. The molecule has 3 unspecified atom stereocenters. The maximum Gasteiger partial charge on any atom is 0.472 e. The largest absolute Gasteiger partial charge is 0.472 e. The van der Waals surface area contributed by atoms with Gasteiger partial charge in [0.2, 0.25) is 0 Å². The van der Waals surface area contributed by atoms with E-state index in [1.54, 1.807) is 0 Å². The predicted molar refractivity (Wildman–Crippen MR) is 400 cm³/mol. The van der Waals surface area contributed by atoms with Crippen LogP contribution in [-0.2, 0) is 65.4 Å². The van der Waals surface area contributed by atoms with Crippen LogP contribution in [-0.4, -0.2) is 96.7 Å². The lowest BCUT2D eigenvalue weighted by Crippen LogP contribution is -2.30. The lowest BCUT2D eigenvalue weighted by molar-refractivity contribution is -0.161. The van der Waals surface area contributed by atoms with Gasteiger partial charge in [0.15, 0.2) is 12.2 Å². The molecule has 6 atom stereocenters. The molecule has 98 heavy (non-hydrogen) atoms. The first-order valence-electron chi connectivity index (χ1n) is 40.5. The van der Waals surface area contributed by atoms with E-state index in [0.29, 0.717) is 25.7 Å². The first kappa shape index (κ1) is 95.5. The van der Waals surface area contributed by atoms with Gasteiger partial charge in [-0.25, -0.2) is 9.13 Å². The Kier molecular flexibility index (Phi) is 69.7. The minimum absolute atomic E-state index is 0.102. The van der Waals surface area contributed by atoms with E-state index in [4.69, 9.17) is 37.0 Å². The summed E-state index contributed by atoms with van der Waals surface area (Å²) in [4.78, 5) is 72.9. The van der Waals surface area contributed by atoms with E-state index in [-0.39, 0.29) is 25.7 Å². The predicted octanol–water partition coefficient (Wildman–Crippen LogP) is 23.2. The average Bonchev–Trinajstić information content (AvgIpc) is 1.03. The first-order valence-corrected chi connectivity index (χ1v) is 43.5. The van der Waals surface area contributed by atoms with E-state index in [1.165, 1.54) is 199 Å². The molecule has 0 rings (SSSR count). The van der Waals surface area contributed by atoms with Crippen molar-refractivity contribution in [1.29, 1.82) is 0 Å². The van der Waals surface area contributed by atoms with Gasteiger partial charge in [-0.3, -0.25) is 37.3 Å². The van der Waals surface area contributed by atoms with Gasteiger partial charge >= 0.3 is 39.5 Å². The molecule has 0 saturated carbocycles. The van der Waals surface area contributed by atoms with Gasteiger partial charge in [0.25, 0.3) is 0 Å². The topological polar surface area (TPSA) is 237 Å². The number of rotatable bonds is 77. The summed E-state index contributed by atoms with van der Waals surface area (Å²) in [6, 6.07) is 0. The van der Waals surface area contributed by atoms with Crippen molar-refractivity contribution in [3.8, 4) is 0 Å². The van der Waals surface area contributed by atoms with Crippen molar-refractivity contribution in [2.45, 2.75) is 412 Å². The van der Waals surface area contributed by atoms with Crippen molar-refractivity contribution < 1.29 is 80.2 Å². The first-order chi connectivity index (χ1) is 47.6. The van der Waals surface area contributed by atoms with E-state index in [1.807, 2.05) is 0 Å². The molecule has 0 amide bonds. The number of esters is 4. The van der Waals surface area contributed by atoms with E-state index in [0.717, 1.165) is 115 Å². The molecule has 0 aromatic carbocycles. The van der Waals surface area contributed by atoms with Crippen LogP contribution in [0.2, 0.25) is 0 Å². The van der Waals surface area contributed by atoms with Gasteiger partial charge in [-0.05, 0) is 57.3 Å². The van der Waals surface area contributed by atoms with E-state index >= 15 is 0 Å². The van der Waals surface area contributed by atoms with Crippen LogP contribution in [0.4, 0.5) is 0 Å². The Morgan fingerprint density at radius 2 is 0.571 bits per heavy atom. The fraction of sp³-hybridized carbons (Fsp3) is 0.899. The van der Waals surface area contributed by atoms with Crippen molar-refractivity contribution >= 4 is 39.5 Å². The van der Waals surface area contributed by atoms with E-state index in [9.17, 15) is 43.2 Å². The molecule has 0 fully saturated rings. The third-order valence-corrected chi connectivity index (χ3v) is 20.2. The Labute approximate surface area is 599 Å². The zero-order valence-corrected chi connectivity index (χ0v) is 65.2. The molecule has 19 heteroatoms. The van der Waals surface area contributed by atoms with Crippen LogP contribution in [0.15, 0.2) is 24.3 Å². The van der Waals surface area contributed by atoms with Gasteiger partial charge in [0.1, 0.15) is 19.3 Å². The van der Waals surface area contributed by atoms with Gasteiger partial charge in [-0.2, -0.15) is 0 Å². The summed E-state index contributed by atoms with van der Waals surface area (Å²) in [5.74, 6) is -1.37.